The normalized spacial score (nSPS) is 15.9. The van der Waals surface area contributed by atoms with Crippen LogP contribution in [0, 0.1) is 3.57 Å². The van der Waals surface area contributed by atoms with Gasteiger partial charge in [0.2, 0.25) is 0 Å². The molecule has 1 aromatic rings. The summed E-state index contributed by atoms with van der Waals surface area (Å²) in [5.41, 5.74) is 0. The topological polar surface area (TPSA) is 0 Å². The maximum atomic E-state index is 13.7. The molecule has 0 amide bonds. The van der Waals surface area contributed by atoms with Crippen LogP contribution in [0.5, 0.6) is 0 Å². The Hall–Kier alpha value is -1.24. The number of alkyl halides is 18. The Morgan fingerprint density at radius 2 is 0.719 bits per heavy atom. The third kappa shape index (κ3) is 3.97. The van der Waals surface area contributed by atoms with Crippen molar-refractivity contribution in [1.82, 2.24) is 0 Å². The van der Waals surface area contributed by atoms with Gasteiger partial charge in [0.25, 0.3) is 0 Å². The van der Waals surface area contributed by atoms with Gasteiger partial charge in [-0.15, -0.1) is 0 Å². The van der Waals surface area contributed by atoms with E-state index in [0.29, 0.717) is 12.1 Å². The van der Waals surface area contributed by atoms with E-state index in [1.807, 2.05) is 0 Å². The Balaban J connectivity index is 3.58. The van der Waals surface area contributed by atoms with E-state index in [2.05, 4.69) is 0 Å². The van der Waals surface area contributed by atoms with Crippen LogP contribution in [0.1, 0.15) is 0 Å². The Morgan fingerprint density at radius 1 is 0.406 bits per heavy atom. The van der Waals surface area contributed by atoms with E-state index in [1.54, 1.807) is 0 Å². The molecule has 18 heteroatoms. The van der Waals surface area contributed by atoms with Crippen LogP contribution in [0.2, 0.25) is 0 Å². The van der Waals surface area contributed by atoms with Crippen molar-refractivity contribution in [3.63, 3.8) is 0 Å². The van der Waals surface area contributed by atoms with Crippen LogP contribution in [0.4, 0.5) is 74.6 Å². The molecule has 0 aliphatic carbocycles. The summed E-state index contributed by atoms with van der Waals surface area (Å²) >= 11 is -3.79. The van der Waals surface area contributed by atoms with Gasteiger partial charge in [0.1, 0.15) is 0 Å². The fourth-order valence-electron chi connectivity index (χ4n) is 1.82. The Bertz CT molecular complexity index is 795. The number of benzene rings is 1. The van der Waals surface area contributed by atoms with Crippen LogP contribution >= 0.6 is 0 Å². The van der Waals surface area contributed by atoms with Gasteiger partial charge in [0.15, 0.2) is 0 Å². The van der Waals surface area contributed by atoms with E-state index in [4.69, 9.17) is 0 Å². The summed E-state index contributed by atoms with van der Waals surface area (Å²) in [7, 11) is 0. The third-order valence-corrected chi connectivity index (χ3v) is 6.34. The first-order valence-electron chi connectivity index (χ1n) is 7.25. The van der Waals surface area contributed by atoms with Gasteiger partial charge in [0, 0.05) is 0 Å². The number of hydrogen-bond acceptors (Lipinski definition) is 0. The van der Waals surface area contributed by atoms with Crippen molar-refractivity contribution in [3.05, 3.63) is 33.9 Å². The fraction of sp³-hybridized carbons (Fsp3) is 0.571. The van der Waals surface area contributed by atoms with E-state index in [-0.39, 0.29) is 0 Å². The fourth-order valence-corrected chi connectivity index (χ4v) is 4.05. The minimum absolute atomic E-state index is 0.597. The number of rotatable bonds is 8. The van der Waals surface area contributed by atoms with Crippen molar-refractivity contribution in [1.29, 1.82) is 0 Å². The number of halogens is 18. The van der Waals surface area contributed by atoms with E-state index >= 15 is 0 Å². The van der Waals surface area contributed by atoms with Gasteiger partial charge >= 0.3 is 175 Å². The molecular weight excluding hydrogens is 618 g/mol. The molecule has 0 saturated carbocycles. The second-order valence-corrected chi connectivity index (χ2v) is 8.97. The average molecular weight is 623 g/mol. The zero-order chi connectivity index (χ0) is 25.8. The third-order valence-electron chi connectivity index (χ3n) is 3.64. The molecule has 0 N–H and O–H groups in total. The Morgan fingerprint density at radius 3 is 1.06 bits per heavy atom. The molecule has 0 heterocycles. The van der Waals surface area contributed by atoms with Crippen LogP contribution in [0.25, 0.3) is 0 Å². The molecule has 1 rings (SSSR count). The van der Waals surface area contributed by atoms with Gasteiger partial charge in [-0.2, -0.15) is 0 Å². The van der Waals surface area contributed by atoms with Crippen molar-refractivity contribution in [3.8, 4) is 0 Å². The second-order valence-electron chi connectivity index (χ2n) is 5.83. The molecule has 0 fully saturated rings. The standard InChI is InChI=1S/C14H5F17I/c15-7(16,9(19,20)11(23,24)13(27,28)29)8(17,18)10(21,22)12(25,26)14(30,31)32-6-4-2-1-3-5-6/h1-5H/q-1. The molecule has 0 nitrogen and oxygen atoms in total. The molecule has 0 radical (unpaired) electrons. The monoisotopic (exact) mass is 623 g/mol. The van der Waals surface area contributed by atoms with Crippen LogP contribution in [-0.4, -0.2) is 45.6 Å². The minimum atomic E-state index is -8.59. The number of hydrogen-bond donors (Lipinski definition) is 0. The van der Waals surface area contributed by atoms with Crippen LogP contribution in [0.3, 0.4) is 0 Å². The molecule has 0 bridgehead atoms. The van der Waals surface area contributed by atoms with Crippen molar-refractivity contribution >= 4 is 0 Å². The van der Waals surface area contributed by atoms with Gasteiger partial charge in [0.05, 0.1) is 0 Å². The first-order chi connectivity index (χ1) is 13.8. The first-order valence-corrected chi connectivity index (χ1v) is 9.41. The molecule has 0 aromatic heterocycles. The zero-order valence-electron chi connectivity index (χ0n) is 14.2. The Kier molecular flexibility index (Phi) is 7.12. The molecule has 0 aliphatic rings. The molecule has 0 spiro atoms. The SMILES string of the molecule is FC(F)(F)C(F)(F)C(F)(F)C(F)(F)C(F)(F)C(F)(F)C(F)(F)C(F)(F)[I-]c1ccccc1. The molecule has 32 heavy (non-hydrogen) atoms. The molecule has 0 unspecified atom stereocenters. The molecule has 188 valence electrons. The van der Waals surface area contributed by atoms with Gasteiger partial charge in [-0.25, -0.2) is 0 Å². The van der Waals surface area contributed by atoms with Crippen molar-refractivity contribution < 1.29 is 95.8 Å². The molecule has 0 atom stereocenters. The molecule has 1 aromatic carbocycles. The van der Waals surface area contributed by atoms with E-state index in [1.165, 1.54) is 0 Å². The van der Waals surface area contributed by atoms with Crippen molar-refractivity contribution in [2.45, 2.75) is 45.6 Å². The van der Waals surface area contributed by atoms with Gasteiger partial charge in [-0.1, -0.05) is 0 Å². The van der Waals surface area contributed by atoms with Gasteiger partial charge in [-0.05, 0) is 0 Å². The molecular formula is C14H5F17I-. The van der Waals surface area contributed by atoms with E-state index in [0.717, 1.165) is 18.2 Å². The average Bonchev–Trinajstić information content (AvgIpc) is 2.60. The van der Waals surface area contributed by atoms with E-state index in [9.17, 15) is 74.6 Å². The zero-order valence-corrected chi connectivity index (χ0v) is 16.3. The first kappa shape index (κ1) is 28.8. The summed E-state index contributed by atoms with van der Waals surface area (Å²) in [6.07, 6.45) is -7.75. The summed E-state index contributed by atoms with van der Waals surface area (Å²) in [4.78, 5) is 0. The Labute approximate surface area is 176 Å². The van der Waals surface area contributed by atoms with Crippen molar-refractivity contribution in [2.24, 2.45) is 0 Å². The maximum absolute atomic E-state index is 13.7. The summed E-state index contributed by atoms with van der Waals surface area (Å²) < 4.78 is 216. The predicted molar refractivity (Wildman–Crippen MR) is 65.8 cm³/mol. The van der Waals surface area contributed by atoms with Crippen LogP contribution in [-0.2, 0) is 0 Å². The summed E-state index contributed by atoms with van der Waals surface area (Å²) in [6, 6.07) is 4.05. The van der Waals surface area contributed by atoms with Gasteiger partial charge < -0.3 is 0 Å². The second kappa shape index (κ2) is 7.92. The van der Waals surface area contributed by atoms with E-state index < -0.39 is 70.4 Å². The molecule has 0 aliphatic heterocycles. The summed E-state index contributed by atoms with van der Waals surface area (Å²) in [5, 5.41) is 0. The van der Waals surface area contributed by atoms with Crippen LogP contribution in [0.15, 0.2) is 30.3 Å². The summed E-state index contributed by atoms with van der Waals surface area (Å²) in [5.74, 6) is -49.6. The molecule has 0 saturated heterocycles. The van der Waals surface area contributed by atoms with Gasteiger partial charge in [-0.3, -0.25) is 0 Å². The van der Waals surface area contributed by atoms with Crippen LogP contribution < -0.4 is 21.2 Å². The quantitative estimate of drug-likeness (QED) is 0.234. The summed E-state index contributed by atoms with van der Waals surface area (Å²) in [6.45, 7) is 0. The van der Waals surface area contributed by atoms with Crippen molar-refractivity contribution in [2.75, 3.05) is 0 Å². The predicted octanol–water partition coefficient (Wildman–Crippen LogP) is 3.91.